The molecule has 18 heavy (non-hydrogen) atoms. The number of nitrogens with one attached hydrogen (secondary N) is 1. The summed E-state index contributed by atoms with van der Waals surface area (Å²) in [5.74, 6) is 0. The molecule has 94 valence electrons. The fourth-order valence-corrected chi connectivity index (χ4v) is 2.00. The smallest absolute Gasteiger partial charge is 0.0783 e. The highest BCUT2D eigenvalue weighted by atomic mass is 15.4. The van der Waals surface area contributed by atoms with Crippen LogP contribution in [-0.2, 0) is 13.0 Å². The van der Waals surface area contributed by atoms with Crippen LogP contribution in [0.4, 0.5) is 0 Å². The van der Waals surface area contributed by atoms with Crippen LogP contribution in [0.25, 0.3) is 5.69 Å². The van der Waals surface area contributed by atoms with Crippen molar-refractivity contribution in [1.29, 1.82) is 0 Å². The van der Waals surface area contributed by atoms with E-state index in [2.05, 4.69) is 46.8 Å². The first-order valence-corrected chi connectivity index (χ1v) is 6.59. The number of benzene rings is 1. The number of aromatic nitrogens is 3. The predicted octanol–water partition coefficient (Wildman–Crippen LogP) is 2.08. The fraction of sp³-hybridized carbons (Fsp3) is 0.429. The lowest BCUT2D eigenvalue weighted by Gasteiger charge is -2.07. The highest BCUT2D eigenvalue weighted by Crippen LogP contribution is 2.19. The maximum atomic E-state index is 4.17. The highest BCUT2D eigenvalue weighted by Gasteiger charge is 2.20. The summed E-state index contributed by atoms with van der Waals surface area (Å²) < 4.78 is 1.91. The first-order chi connectivity index (χ1) is 8.86. The zero-order valence-corrected chi connectivity index (χ0v) is 10.6. The van der Waals surface area contributed by atoms with Gasteiger partial charge in [-0.1, -0.05) is 24.3 Å². The van der Waals surface area contributed by atoms with E-state index >= 15 is 0 Å². The van der Waals surface area contributed by atoms with E-state index < -0.39 is 0 Å². The van der Waals surface area contributed by atoms with E-state index in [1.165, 1.54) is 18.4 Å². The van der Waals surface area contributed by atoms with Gasteiger partial charge in [-0.05, 0) is 37.0 Å². The molecule has 4 nitrogen and oxygen atoms in total. The molecular formula is C14H18N4. The second kappa shape index (κ2) is 4.90. The first-order valence-electron chi connectivity index (χ1n) is 6.59. The van der Waals surface area contributed by atoms with E-state index in [9.17, 15) is 0 Å². The predicted molar refractivity (Wildman–Crippen MR) is 70.6 cm³/mol. The Morgan fingerprint density at radius 2 is 2.06 bits per heavy atom. The van der Waals surface area contributed by atoms with Gasteiger partial charge in [0.05, 0.1) is 17.6 Å². The molecule has 0 unspecified atom stereocenters. The summed E-state index contributed by atoms with van der Waals surface area (Å²) in [5.41, 5.74) is 3.54. The maximum Gasteiger partial charge on any atom is 0.0783 e. The fourth-order valence-electron chi connectivity index (χ4n) is 2.00. The third-order valence-electron chi connectivity index (χ3n) is 3.36. The maximum absolute atomic E-state index is 4.17. The largest absolute Gasteiger partial charge is 0.308 e. The van der Waals surface area contributed by atoms with Gasteiger partial charge in [0.25, 0.3) is 0 Å². The minimum Gasteiger partial charge on any atom is -0.308 e. The molecule has 0 amide bonds. The van der Waals surface area contributed by atoms with Crippen LogP contribution in [0.5, 0.6) is 0 Å². The second-order valence-electron chi connectivity index (χ2n) is 4.81. The van der Waals surface area contributed by atoms with Crippen LogP contribution in [0.2, 0.25) is 0 Å². The zero-order chi connectivity index (χ0) is 12.4. The molecule has 0 bridgehead atoms. The Morgan fingerprint density at radius 3 is 2.72 bits per heavy atom. The van der Waals surface area contributed by atoms with Gasteiger partial charge in [-0.2, -0.15) is 0 Å². The van der Waals surface area contributed by atoms with Crippen LogP contribution in [0.15, 0.2) is 30.5 Å². The number of aryl methyl sites for hydroxylation is 1. The Morgan fingerprint density at radius 1 is 1.28 bits per heavy atom. The molecule has 1 N–H and O–H groups in total. The summed E-state index contributed by atoms with van der Waals surface area (Å²) in [7, 11) is 0. The lowest BCUT2D eigenvalue weighted by atomic mass is 10.1. The molecule has 0 saturated heterocycles. The topological polar surface area (TPSA) is 42.7 Å². The summed E-state index contributed by atoms with van der Waals surface area (Å²) in [6, 6.07) is 9.21. The van der Waals surface area contributed by atoms with Crippen LogP contribution >= 0.6 is 0 Å². The van der Waals surface area contributed by atoms with Crippen LogP contribution in [0.3, 0.4) is 0 Å². The van der Waals surface area contributed by atoms with Gasteiger partial charge in [0.1, 0.15) is 0 Å². The first kappa shape index (κ1) is 11.4. The molecule has 1 aliphatic carbocycles. The van der Waals surface area contributed by atoms with Crippen molar-refractivity contribution in [2.75, 3.05) is 0 Å². The van der Waals surface area contributed by atoms with Crippen LogP contribution in [0, 0.1) is 0 Å². The van der Waals surface area contributed by atoms with Crippen LogP contribution in [-0.4, -0.2) is 21.0 Å². The molecule has 0 spiro atoms. The van der Waals surface area contributed by atoms with Crippen molar-refractivity contribution in [2.24, 2.45) is 0 Å². The average Bonchev–Trinajstić information content (AvgIpc) is 3.14. The molecule has 2 aromatic rings. The van der Waals surface area contributed by atoms with E-state index in [1.807, 2.05) is 10.9 Å². The molecule has 1 saturated carbocycles. The third kappa shape index (κ3) is 2.43. The molecule has 1 fully saturated rings. The van der Waals surface area contributed by atoms with E-state index in [0.29, 0.717) is 6.04 Å². The molecule has 1 heterocycles. The lowest BCUT2D eigenvalue weighted by Crippen LogP contribution is -2.18. The zero-order valence-electron chi connectivity index (χ0n) is 10.6. The Labute approximate surface area is 107 Å². The number of hydrogen-bond donors (Lipinski definition) is 1. The van der Waals surface area contributed by atoms with E-state index in [4.69, 9.17) is 0 Å². The normalized spacial score (nSPS) is 14.9. The minimum absolute atomic E-state index is 0.704. The summed E-state index contributed by atoms with van der Waals surface area (Å²) in [5, 5.41) is 11.7. The quantitative estimate of drug-likeness (QED) is 0.873. The number of hydrogen-bond acceptors (Lipinski definition) is 3. The summed E-state index contributed by atoms with van der Waals surface area (Å²) >= 11 is 0. The number of nitrogens with zero attached hydrogens (tertiary/aromatic N) is 3. The summed E-state index contributed by atoms with van der Waals surface area (Å²) in [6.07, 6.45) is 5.50. The Balaban J connectivity index is 1.78. The van der Waals surface area contributed by atoms with Gasteiger partial charge in [0.2, 0.25) is 0 Å². The van der Waals surface area contributed by atoms with Crippen molar-refractivity contribution in [3.8, 4) is 5.69 Å². The van der Waals surface area contributed by atoms with Gasteiger partial charge < -0.3 is 5.32 Å². The minimum atomic E-state index is 0.704. The van der Waals surface area contributed by atoms with Gasteiger partial charge in [0.15, 0.2) is 0 Å². The molecule has 4 heteroatoms. The summed E-state index contributed by atoms with van der Waals surface area (Å²) in [4.78, 5) is 0. The molecule has 0 atom stereocenters. The number of rotatable bonds is 5. The third-order valence-corrected chi connectivity index (χ3v) is 3.36. The van der Waals surface area contributed by atoms with Crippen molar-refractivity contribution in [3.05, 3.63) is 41.7 Å². The monoisotopic (exact) mass is 242 g/mol. The van der Waals surface area contributed by atoms with Gasteiger partial charge >= 0.3 is 0 Å². The Hall–Kier alpha value is -1.68. The van der Waals surface area contributed by atoms with Crippen molar-refractivity contribution in [3.63, 3.8) is 0 Å². The second-order valence-corrected chi connectivity index (χ2v) is 4.81. The van der Waals surface area contributed by atoms with Gasteiger partial charge in [0, 0.05) is 12.6 Å². The van der Waals surface area contributed by atoms with Gasteiger partial charge in [-0.25, -0.2) is 4.68 Å². The van der Waals surface area contributed by atoms with Crippen molar-refractivity contribution in [1.82, 2.24) is 20.3 Å². The van der Waals surface area contributed by atoms with Gasteiger partial charge in [-0.3, -0.25) is 0 Å². The molecule has 0 radical (unpaired) electrons. The van der Waals surface area contributed by atoms with E-state index in [0.717, 1.165) is 24.3 Å². The van der Waals surface area contributed by atoms with E-state index in [-0.39, 0.29) is 0 Å². The van der Waals surface area contributed by atoms with Crippen molar-refractivity contribution in [2.45, 2.75) is 38.8 Å². The van der Waals surface area contributed by atoms with Gasteiger partial charge in [-0.15, -0.1) is 5.10 Å². The molecule has 1 aliphatic rings. The lowest BCUT2D eigenvalue weighted by molar-refractivity contribution is 0.647. The van der Waals surface area contributed by atoms with Crippen molar-refractivity contribution >= 4 is 0 Å². The molecule has 1 aromatic heterocycles. The molecular weight excluding hydrogens is 224 g/mol. The molecule has 1 aromatic carbocycles. The molecule has 3 rings (SSSR count). The van der Waals surface area contributed by atoms with E-state index in [1.54, 1.807) is 0 Å². The average molecular weight is 242 g/mol. The Bertz CT molecular complexity index is 511. The highest BCUT2D eigenvalue weighted by molar-refractivity contribution is 5.34. The van der Waals surface area contributed by atoms with Crippen LogP contribution < -0.4 is 5.32 Å². The summed E-state index contributed by atoms with van der Waals surface area (Å²) in [6.45, 7) is 3.00. The Kier molecular flexibility index (Phi) is 3.11. The van der Waals surface area contributed by atoms with Crippen molar-refractivity contribution < 1.29 is 0 Å². The SMILES string of the molecule is CCc1ccc(-n2nncc2CNC2CC2)cc1. The van der Waals surface area contributed by atoms with Crippen LogP contribution in [0.1, 0.15) is 31.0 Å². The molecule has 0 aliphatic heterocycles. The standard InChI is InChI=1S/C14H18N4/c1-2-11-3-7-13(8-4-11)18-14(10-16-17-18)9-15-12-5-6-12/h3-4,7-8,10,12,15H,2,5-6,9H2,1H3.